The highest BCUT2D eigenvalue weighted by Gasteiger charge is 2.20. The van der Waals surface area contributed by atoms with Crippen molar-refractivity contribution in [3.05, 3.63) is 29.3 Å². The Morgan fingerprint density at radius 1 is 1.38 bits per heavy atom. The smallest absolute Gasteiger partial charge is 0.119 e. The first-order valence-corrected chi connectivity index (χ1v) is 5.95. The van der Waals surface area contributed by atoms with Crippen LogP contribution in [0.4, 0.5) is 0 Å². The lowest BCUT2D eigenvalue weighted by Gasteiger charge is -2.25. The molecular formula is C14H23NO. The summed E-state index contributed by atoms with van der Waals surface area (Å²) in [6.45, 7) is 9.22. The van der Waals surface area contributed by atoms with Gasteiger partial charge in [0.2, 0.25) is 0 Å². The molecule has 0 aromatic heterocycles. The maximum atomic E-state index is 9.82. The second-order valence-electron chi connectivity index (χ2n) is 5.15. The van der Waals surface area contributed by atoms with Crippen molar-refractivity contribution in [1.29, 1.82) is 0 Å². The van der Waals surface area contributed by atoms with Gasteiger partial charge in [-0.3, -0.25) is 0 Å². The molecule has 0 aliphatic rings. The van der Waals surface area contributed by atoms with Gasteiger partial charge < -0.3 is 10.8 Å². The monoisotopic (exact) mass is 221 g/mol. The quantitative estimate of drug-likeness (QED) is 0.820. The van der Waals surface area contributed by atoms with Crippen LogP contribution in [0.15, 0.2) is 18.2 Å². The largest absolute Gasteiger partial charge is 0.508 e. The van der Waals surface area contributed by atoms with E-state index in [0.717, 1.165) is 12.0 Å². The Bertz CT molecular complexity index is 358. The first-order valence-electron chi connectivity index (χ1n) is 5.95. The lowest BCUT2D eigenvalue weighted by atomic mass is 9.80. The fourth-order valence-corrected chi connectivity index (χ4v) is 1.70. The lowest BCUT2D eigenvalue weighted by molar-refractivity contribution is 0.459. The van der Waals surface area contributed by atoms with Crippen LogP contribution in [0.3, 0.4) is 0 Å². The summed E-state index contributed by atoms with van der Waals surface area (Å²) in [4.78, 5) is 0. The summed E-state index contributed by atoms with van der Waals surface area (Å²) < 4.78 is 0. The van der Waals surface area contributed by atoms with Gasteiger partial charge in [0.05, 0.1) is 0 Å². The molecule has 0 saturated heterocycles. The van der Waals surface area contributed by atoms with Crippen LogP contribution in [0.1, 0.15) is 51.2 Å². The molecule has 0 aliphatic heterocycles. The minimum absolute atomic E-state index is 0.150. The highest BCUT2D eigenvalue weighted by molar-refractivity contribution is 5.41. The normalized spacial score (nSPS) is 13.8. The van der Waals surface area contributed by atoms with E-state index in [-0.39, 0.29) is 11.3 Å². The van der Waals surface area contributed by atoms with E-state index in [1.165, 1.54) is 5.56 Å². The number of aromatic hydroxyl groups is 1. The van der Waals surface area contributed by atoms with E-state index < -0.39 is 0 Å². The fraction of sp³-hybridized carbons (Fsp3) is 0.571. The van der Waals surface area contributed by atoms with Crippen molar-refractivity contribution in [2.75, 3.05) is 6.54 Å². The summed E-state index contributed by atoms with van der Waals surface area (Å²) in [6, 6.07) is 5.89. The SMILES string of the molecule is CCC(C)(C)c1ccc(O)c(C(C)CN)c1. The Labute approximate surface area is 98.5 Å². The van der Waals surface area contributed by atoms with E-state index in [1.54, 1.807) is 6.07 Å². The molecule has 0 radical (unpaired) electrons. The van der Waals surface area contributed by atoms with Crippen LogP contribution < -0.4 is 5.73 Å². The Morgan fingerprint density at radius 3 is 2.50 bits per heavy atom. The minimum Gasteiger partial charge on any atom is -0.508 e. The van der Waals surface area contributed by atoms with Crippen LogP contribution in [-0.2, 0) is 5.41 Å². The van der Waals surface area contributed by atoms with Gasteiger partial charge in [0.1, 0.15) is 5.75 Å². The highest BCUT2D eigenvalue weighted by Crippen LogP contribution is 2.33. The summed E-state index contributed by atoms with van der Waals surface area (Å²) in [7, 11) is 0. The van der Waals surface area contributed by atoms with Crippen molar-refractivity contribution in [3.63, 3.8) is 0 Å². The van der Waals surface area contributed by atoms with Crippen molar-refractivity contribution in [2.24, 2.45) is 5.73 Å². The molecule has 0 spiro atoms. The van der Waals surface area contributed by atoms with Crippen LogP contribution in [-0.4, -0.2) is 11.7 Å². The van der Waals surface area contributed by atoms with Crippen LogP contribution in [0.5, 0.6) is 5.75 Å². The number of benzene rings is 1. The molecule has 0 saturated carbocycles. The molecule has 1 aromatic carbocycles. The van der Waals surface area contributed by atoms with Gasteiger partial charge in [-0.05, 0) is 41.5 Å². The second kappa shape index (κ2) is 4.88. The fourth-order valence-electron chi connectivity index (χ4n) is 1.70. The maximum absolute atomic E-state index is 9.82. The van der Waals surface area contributed by atoms with Gasteiger partial charge in [-0.2, -0.15) is 0 Å². The summed E-state index contributed by atoms with van der Waals surface area (Å²) in [5.74, 6) is 0.557. The van der Waals surface area contributed by atoms with E-state index in [0.29, 0.717) is 12.3 Å². The number of nitrogens with two attached hydrogens (primary N) is 1. The molecular weight excluding hydrogens is 198 g/mol. The van der Waals surface area contributed by atoms with Crippen molar-refractivity contribution >= 4 is 0 Å². The van der Waals surface area contributed by atoms with Crippen LogP contribution in [0.25, 0.3) is 0 Å². The Morgan fingerprint density at radius 2 is 2.00 bits per heavy atom. The third-order valence-corrected chi connectivity index (χ3v) is 3.58. The Balaban J connectivity index is 3.17. The number of phenols is 1. The number of phenolic OH excluding ortho intramolecular Hbond substituents is 1. The second-order valence-corrected chi connectivity index (χ2v) is 5.15. The predicted octanol–water partition coefficient (Wildman–Crippen LogP) is 3.14. The van der Waals surface area contributed by atoms with Gasteiger partial charge in [0.15, 0.2) is 0 Å². The molecule has 0 amide bonds. The number of rotatable bonds is 4. The van der Waals surface area contributed by atoms with E-state index in [4.69, 9.17) is 5.73 Å². The zero-order valence-corrected chi connectivity index (χ0v) is 10.7. The molecule has 1 atom stereocenters. The molecule has 0 bridgehead atoms. The zero-order chi connectivity index (χ0) is 12.3. The predicted molar refractivity (Wildman–Crippen MR) is 68.9 cm³/mol. The van der Waals surface area contributed by atoms with E-state index in [2.05, 4.69) is 26.8 Å². The van der Waals surface area contributed by atoms with E-state index >= 15 is 0 Å². The van der Waals surface area contributed by atoms with Gasteiger partial charge in [-0.1, -0.05) is 39.8 Å². The molecule has 2 nitrogen and oxygen atoms in total. The molecule has 90 valence electrons. The standard InChI is InChI=1S/C14H23NO/c1-5-14(3,4)11-6-7-13(16)12(8-11)10(2)9-15/h6-8,10,16H,5,9,15H2,1-4H3. The van der Waals surface area contributed by atoms with Gasteiger partial charge in [-0.25, -0.2) is 0 Å². The molecule has 0 aliphatic carbocycles. The minimum atomic E-state index is 0.150. The Hall–Kier alpha value is -1.02. The summed E-state index contributed by atoms with van der Waals surface area (Å²) in [5.41, 5.74) is 8.03. The average Bonchev–Trinajstić information content (AvgIpc) is 2.28. The van der Waals surface area contributed by atoms with Gasteiger partial charge in [-0.15, -0.1) is 0 Å². The number of hydrogen-bond donors (Lipinski definition) is 2. The molecule has 2 heteroatoms. The summed E-state index contributed by atoms with van der Waals surface area (Å²) in [6.07, 6.45) is 1.08. The van der Waals surface area contributed by atoms with Gasteiger partial charge >= 0.3 is 0 Å². The lowest BCUT2D eigenvalue weighted by Crippen LogP contribution is -2.17. The average molecular weight is 221 g/mol. The Kier molecular flexibility index (Phi) is 3.98. The summed E-state index contributed by atoms with van der Waals surface area (Å²) in [5, 5.41) is 9.82. The molecule has 1 rings (SSSR count). The molecule has 16 heavy (non-hydrogen) atoms. The summed E-state index contributed by atoms with van der Waals surface area (Å²) >= 11 is 0. The van der Waals surface area contributed by atoms with Crippen molar-refractivity contribution in [2.45, 2.75) is 45.4 Å². The van der Waals surface area contributed by atoms with Crippen LogP contribution in [0.2, 0.25) is 0 Å². The topological polar surface area (TPSA) is 46.2 Å². The molecule has 0 fully saturated rings. The van der Waals surface area contributed by atoms with E-state index in [9.17, 15) is 5.11 Å². The van der Waals surface area contributed by atoms with Gasteiger partial charge in [0.25, 0.3) is 0 Å². The molecule has 3 N–H and O–H groups in total. The zero-order valence-electron chi connectivity index (χ0n) is 10.7. The maximum Gasteiger partial charge on any atom is 0.119 e. The van der Waals surface area contributed by atoms with E-state index in [1.807, 2.05) is 13.0 Å². The molecule has 1 unspecified atom stereocenters. The third kappa shape index (κ3) is 2.56. The van der Waals surface area contributed by atoms with Crippen molar-refractivity contribution in [1.82, 2.24) is 0 Å². The number of hydrogen-bond acceptors (Lipinski definition) is 2. The van der Waals surface area contributed by atoms with Crippen molar-refractivity contribution in [3.8, 4) is 5.75 Å². The van der Waals surface area contributed by atoms with Crippen LogP contribution >= 0.6 is 0 Å². The highest BCUT2D eigenvalue weighted by atomic mass is 16.3. The third-order valence-electron chi connectivity index (χ3n) is 3.58. The van der Waals surface area contributed by atoms with Crippen LogP contribution in [0, 0.1) is 0 Å². The molecule has 0 heterocycles. The first-order chi connectivity index (χ1) is 7.42. The van der Waals surface area contributed by atoms with Crippen molar-refractivity contribution < 1.29 is 5.11 Å². The molecule has 1 aromatic rings. The first kappa shape index (κ1) is 13.0. The van der Waals surface area contributed by atoms with Gasteiger partial charge in [0, 0.05) is 0 Å².